The highest BCUT2D eigenvalue weighted by Crippen LogP contribution is 2.26. The number of nitrogens with one attached hydrogen (secondary N) is 1. The fourth-order valence-corrected chi connectivity index (χ4v) is 2.81. The highest BCUT2D eigenvalue weighted by molar-refractivity contribution is 6.02. The van der Waals surface area contributed by atoms with Gasteiger partial charge in [0.2, 0.25) is 5.91 Å². The van der Waals surface area contributed by atoms with Crippen LogP contribution in [0.25, 0.3) is 0 Å². The van der Waals surface area contributed by atoms with Crippen molar-refractivity contribution in [1.29, 1.82) is 0 Å². The lowest BCUT2D eigenvalue weighted by atomic mass is 10.1. The summed E-state index contributed by atoms with van der Waals surface area (Å²) in [6.45, 7) is 6.18. The first kappa shape index (κ1) is 19.6. The van der Waals surface area contributed by atoms with E-state index in [0.29, 0.717) is 12.2 Å². The number of hydrogen-bond acceptors (Lipinski definition) is 4. The van der Waals surface area contributed by atoms with Crippen molar-refractivity contribution >= 4 is 23.2 Å². The standard InChI is InChI=1S/C20H27N3O3/c1-6-14(2)23(15(3)24)13-16-12-17(9-10-18(16)22(4)5)21-20(25)19-8-7-11-26-19/h7-12,14H,6,13H2,1-5H3,(H,21,25)/t14-/m0/s1. The molecule has 0 spiro atoms. The monoisotopic (exact) mass is 357 g/mol. The van der Waals surface area contributed by atoms with Crippen LogP contribution in [0.3, 0.4) is 0 Å². The number of nitrogens with zero attached hydrogens (tertiary/aromatic N) is 2. The molecule has 0 saturated carbocycles. The van der Waals surface area contributed by atoms with Crippen LogP contribution in [-0.4, -0.2) is 36.9 Å². The zero-order chi connectivity index (χ0) is 19.3. The molecular weight excluding hydrogens is 330 g/mol. The Balaban J connectivity index is 2.30. The van der Waals surface area contributed by atoms with Crippen LogP contribution in [0, 0.1) is 0 Å². The molecule has 1 atom stereocenters. The molecule has 0 fully saturated rings. The van der Waals surface area contributed by atoms with E-state index in [0.717, 1.165) is 17.7 Å². The van der Waals surface area contributed by atoms with Gasteiger partial charge in [0.15, 0.2) is 5.76 Å². The number of anilines is 2. The molecule has 0 aliphatic carbocycles. The van der Waals surface area contributed by atoms with Gasteiger partial charge in [0, 0.05) is 45.0 Å². The van der Waals surface area contributed by atoms with E-state index in [-0.39, 0.29) is 23.6 Å². The first-order valence-electron chi connectivity index (χ1n) is 8.75. The van der Waals surface area contributed by atoms with Gasteiger partial charge in [-0.25, -0.2) is 0 Å². The third-order valence-electron chi connectivity index (χ3n) is 4.43. The Morgan fingerprint density at radius 3 is 2.50 bits per heavy atom. The van der Waals surface area contributed by atoms with Crippen molar-refractivity contribution in [3.05, 3.63) is 47.9 Å². The van der Waals surface area contributed by atoms with E-state index in [1.54, 1.807) is 19.1 Å². The molecule has 1 aromatic carbocycles. The first-order valence-corrected chi connectivity index (χ1v) is 8.75. The maximum absolute atomic E-state index is 12.2. The van der Waals surface area contributed by atoms with Crippen LogP contribution < -0.4 is 10.2 Å². The van der Waals surface area contributed by atoms with Crippen LogP contribution in [0.4, 0.5) is 11.4 Å². The van der Waals surface area contributed by atoms with Gasteiger partial charge < -0.3 is 19.5 Å². The molecule has 2 aromatic rings. The summed E-state index contributed by atoms with van der Waals surface area (Å²) in [6, 6.07) is 9.14. The molecule has 6 heteroatoms. The molecule has 0 aliphatic heterocycles. The minimum Gasteiger partial charge on any atom is -0.459 e. The van der Waals surface area contributed by atoms with Crippen molar-refractivity contribution in [3.8, 4) is 0 Å². The molecule has 2 amide bonds. The number of benzene rings is 1. The van der Waals surface area contributed by atoms with Gasteiger partial charge in [0.25, 0.3) is 5.91 Å². The fraction of sp³-hybridized carbons (Fsp3) is 0.400. The quantitative estimate of drug-likeness (QED) is 0.820. The predicted molar refractivity (Wildman–Crippen MR) is 103 cm³/mol. The molecule has 0 aliphatic rings. The molecule has 26 heavy (non-hydrogen) atoms. The normalized spacial score (nSPS) is 11.7. The van der Waals surface area contributed by atoms with Gasteiger partial charge >= 0.3 is 0 Å². The Kier molecular flexibility index (Phi) is 6.44. The topological polar surface area (TPSA) is 65.8 Å². The van der Waals surface area contributed by atoms with Gasteiger partial charge in [-0.15, -0.1) is 0 Å². The van der Waals surface area contributed by atoms with E-state index >= 15 is 0 Å². The maximum atomic E-state index is 12.2. The zero-order valence-electron chi connectivity index (χ0n) is 16.1. The maximum Gasteiger partial charge on any atom is 0.291 e. The predicted octanol–water partition coefficient (Wildman–Crippen LogP) is 3.74. The number of rotatable bonds is 7. The Bertz CT molecular complexity index is 754. The minimum atomic E-state index is -0.302. The van der Waals surface area contributed by atoms with Crippen LogP contribution in [-0.2, 0) is 11.3 Å². The van der Waals surface area contributed by atoms with E-state index in [2.05, 4.69) is 12.2 Å². The lowest BCUT2D eigenvalue weighted by Gasteiger charge is -2.29. The largest absolute Gasteiger partial charge is 0.459 e. The average molecular weight is 357 g/mol. The molecule has 1 heterocycles. The van der Waals surface area contributed by atoms with Gasteiger partial charge in [-0.2, -0.15) is 0 Å². The van der Waals surface area contributed by atoms with E-state index in [1.807, 2.05) is 49.0 Å². The third kappa shape index (κ3) is 4.65. The number of amides is 2. The van der Waals surface area contributed by atoms with Crippen molar-refractivity contribution < 1.29 is 14.0 Å². The molecule has 1 N–H and O–H groups in total. The van der Waals surface area contributed by atoms with Crippen molar-refractivity contribution in [2.75, 3.05) is 24.3 Å². The van der Waals surface area contributed by atoms with Crippen LogP contribution in [0.5, 0.6) is 0 Å². The summed E-state index contributed by atoms with van der Waals surface area (Å²) in [6.07, 6.45) is 2.35. The SMILES string of the molecule is CC[C@H](C)N(Cc1cc(NC(=O)c2ccco2)ccc1N(C)C)C(C)=O. The summed E-state index contributed by atoms with van der Waals surface area (Å²) in [4.78, 5) is 28.1. The van der Waals surface area contributed by atoms with Crippen molar-refractivity contribution in [2.45, 2.75) is 39.8 Å². The highest BCUT2D eigenvalue weighted by Gasteiger charge is 2.19. The molecule has 0 unspecified atom stereocenters. The van der Waals surface area contributed by atoms with E-state index in [1.165, 1.54) is 6.26 Å². The average Bonchev–Trinajstić information content (AvgIpc) is 3.13. The second-order valence-corrected chi connectivity index (χ2v) is 6.57. The number of carbonyl (C=O) groups is 2. The van der Waals surface area contributed by atoms with Crippen LogP contribution >= 0.6 is 0 Å². The van der Waals surface area contributed by atoms with Crippen molar-refractivity contribution in [1.82, 2.24) is 4.90 Å². The van der Waals surface area contributed by atoms with Crippen molar-refractivity contribution in [3.63, 3.8) is 0 Å². The van der Waals surface area contributed by atoms with Gasteiger partial charge in [0.05, 0.1) is 6.26 Å². The highest BCUT2D eigenvalue weighted by atomic mass is 16.3. The van der Waals surface area contributed by atoms with Crippen molar-refractivity contribution in [2.24, 2.45) is 0 Å². The van der Waals surface area contributed by atoms with E-state index < -0.39 is 0 Å². The summed E-state index contributed by atoms with van der Waals surface area (Å²) in [7, 11) is 3.92. The molecular formula is C20H27N3O3. The van der Waals surface area contributed by atoms with Crippen LogP contribution in [0.1, 0.15) is 43.3 Å². The summed E-state index contributed by atoms with van der Waals surface area (Å²) >= 11 is 0. The second-order valence-electron chi connectivity index (χ2n) is 6.57. The van der Waals surface area contributed by atoms with E-state index in [9.17, 15) is 9.59 Å². The minimum absolute atomic E-state index is 0.0362. The Morgan fingerprint density at radius 1 is 1.23 bits per heavy atom. The summed E-state index contributed by atoms with van der Waals surface area (Å²) in [5, 5.41) is 2.84. The molecule has 0 saturated heterocycles. The smallest absolute Gasteiger partial charge is 0.291 e. The van der Waals surface area contributed by atoms with E-state index in [4.69, 9.17) is 4.42 Å². The third-order valence-corrected chi connectivity index (χ3v) is 4.43. The van der Waals surface area contributed by atoms with Crippen LogP contribution in [0.2, 0.25) is 0 Å². The van der Waals surface area contributed by atoms with Gasteiger partial charge in [-0.05, 0) is 49.2 Å². The molecule has 140 valence electrons. The van der Waals surface area contributed by atoms with Gasteiger partial charge in [-0.3, -0.25) is 9.59 Å². The lowest BCUT2D eigenvalue weighted by molar-refractivity contribution is -0.131. The van der Waals surface area contributed by atoms with Gasteiger partial charge in [0.1, 0.15) is 0 Å². The first-order chi connectivity index (χ1) is 12.3. The fourth-order valence-electron chi connectivity index (χ4n) is 2.81. The summed E-state index contributed by atoms with van der Waals surface area (Å²) < 4.78 is 5.13. The summed E-state index contributed by atoms with van der Waals surface area (Å²) in [5.74, 6) is -0.00816. The molecule has 0 radical (unpaired) electrons. The Morgan fingerprint density at radius 2 is 1.96 bits per heavy atom. The van der Waals surface area contributed by atoms with Gasteiger partial charge in [-0.1, -0.05) is 6.92 Å². The molecule has 0 bridgehead atoms. The van der Waals surface area contributed by atoms with Crippen LogP contribution in [0.15, 0.2) is 41.0 Å². The summed E-state index contributed by atoms with van der Waals surface area (Å²) in [5.41, 5.74) is 2.65. The Labute approximate surface area is 154 Å². The number of carbonyl (C=O) groups excluding carboxylic acids is 2. The molecule has 1 aromatic heterocycles. The Hall–Kier alpha value is -2.76. The lowest BCUT2D eigenvalue weighted by Crippen LogP contribution is -2.36. The second kappa shape index (κ2) is 8.56. The zero-order valence-corrected chi connectivity index (χ0v) is 16.1. The number of hydrogen-bond donors (Lipinski definition) is 1. The molecule has 6 nitrogen and oxygen atoms in total. The number of furan rings is 1. The molecule has 2 rings (SSSR count).